The Labute approximate surface area is 108 Å². The zero-order valence-electron chi connectivity index (χ0n) is 10.1. The molecule has 2 nitrogen and oxygen atoms in total. The summed E-state index contributed by atoms with van der Waals surface area (Å²) >= 11 is 6.25. The third-order valence-corrected chi connectivity index (χ3v) is 3.72. The molecule has 0 spiro atoms. The molecular weight excluding hydrogens is 234 g/mol. The Kier molecular flexibility index (Phi) is 4.06. The zero-order chi connectivity index (χ0) is 12.3. The van der Waals surface area contributed by atoms with Crippen LogP contribution in [-0.2, 0) is 4.79 Å². The molecule has 3 heteroatoms. The van der Waals surface area contributed by atoms with E-state index < -0.39 is 5.38 Å². The Morgan fingerprint density at radius 2 is 2.12 bits per heavy atom. The average Bonchev–Trinajstić information content (AvgIpc) is 2.38. The molecule has 2 rings (SSSR count). The van der Waals surface area contributed by atoms with Gasteiger partial charge in [0.2, 0.25) is 5.91 Å². The Morgan fingerprint density at radius 3 is 2.76 bits per heavy atom. The topological polar surface area (TPSA) is 20.3 Å². The second-order valence-corrected chi connectivity index (χ2v) is 5.24. The number of carbonyl (C=O) groups is 1. The number of piperidine rings is 1. The molecule has 17 heavy (non-hydrogen) atoms. The minimum absolute atomic E-state index is 0.0458. The number of amides is 1. The number of alkyl halides is 1. The standard InChI is InChI=1S/C14H18ClNO/c1-11-6-5-9-16(10-11)14(17)13(15)12-7-3-2-4-8-12/h2-4,7-8,11,13H,5-6,9-10H2,1H3. The molecule has 1 fully saturated rings. The molecule has 2 unspecified atom stereocenters. The second-order valence-electron chi connectivity index (χ2n) is 4.80. The molecular formula is C14H18ClNO. The van der Waals surface area contributed by atoms with Crippen molar-refractivity contribution in [3.05, 3.63) is 35.9 Å². The van der Waals surface area contributed by atoms with Crippen LogP contribution in [-0.4, -0.2) is 23.9 Å². The number of rotatable bonds is 2. The van der Waals surface area contributed by atoms with Crippen molar-refractivity contribution in [1.29, 1.82) is 0 Å². The predicted molar refractivity (Wildman–Crippen MR) is 70.0 cm³/mol. The van der Waals surface area contributed by atoms with Crippen LogP contribution in [0.3, 0.4) is 0 Å². The van der Waals surface area contributed by atoms with E-state index in [-0.39, 0.29) is 5.91 Å². The highest BCUT2D eigenvalue weighted by molar-refractivity contribution is 6.30. The molecule has 1 aromatic rings. The summed E-state index contributed by atoms with van der Waals surface area (Å²) in [5.41, 5.74) is 0.886. The van der Waals surface area contributed by atoms with Gasteiger partial charge in [0.15, 0.2) is 0 Å². The highest BCUT2D eigenvalue weighted by Crippen LogP contribution is 2.25. The highest BCUT2D eigenvalue weighted by Gasteiger charge is 2.26. The fraction of sp³-hybridized carbons (Fsp3) is 0.500. The van der Waals surface area contributed by atoms with E-state index in [2.05, 4.69) is 6.92 Å². The van der Waals surface area contributed by atoms with Gasteiger partial charge in [-0.1, -0.05) is 37.3 Å². The number of carbonyl (C=O) groups excluding carboxylic acids is 1. The van der Waals surface area contributed by atoms with E-state index in [4.69, 9.17) is 11.6 Å². The van der Waals surface area contributed by atoms with Crippen molar-refractivity contribution in [2.45, 2.75) is 25.1 Å². The lowest BCUT2D eigenvalue weighted by Gasteiger charge is -2.32. The van der Waals surface area contributed by atoms with Crippen molar-refractivity contribution in [2.24, 2.45) is 5.92 Å². The van der Waals surface area contributed by atoms with Crippen LogP contribution in [0.1, 0.15) is 30.7 Å². The van der Waals surface area contributed by atoms with Gasteiger partial charge in [-0.15, -0.1) is 11.6 Å². The zero-order valence-corrected chi connectivity index (χ0v) is 10.9. The van der Waals surface area contributed by atoms with Crippen molar-refractivity contribution in [3.8, 4) is 0 Å². The summed E-state index contributed by atoms with van der Waals surface area (Å²) in [4.78, 5) is 14.1. The molecule has 1 saturated heterocycles. The first-order chi connectivity index (χ1) is 8.18. The van der Waals surface area contributed by atoms with Gasteiger partial charge >= 0.3 is 0 Å². The number of benzene rings is 1. The SMILES string of the molecule is CC1CCCN(C(=O)C(Cl)c2ccccc2)C1. The Hall–Kier alpha value is -1.02. The Morgan fingerprint density at radius 1 is 1.41 bits per heavy atom. The molecule has 1 amide bonds. The summed E-state index contributed by atoms with van der Waals surface area (Å²) in [6, 6.07) is 9.57. The van der Waals surface area contributed by atoms with Gasteiger partial charge in [0, 0.05) is 13.1 Å². The summed E-state index contributed by atoms with van der Waals surface area (Å²) < 4.78 is 0. The van der Waals surface area contributed by atoms with E-state index in [0.717, 1.165) is 25.1 Å². The fourth-order valence-electron chi connectivity index (χ4n) is 2.31. The maximum absolute atomic E-state index is 12.2. The van der Waals surface area contributed by atoms with Crippen LogP contribution in [0.5, 0.6) is 0 Å². The van der Waals surface area contributed by atoms with Crippen LogP contribution in [0.2, 0.25) is 0 Å². The lowest BCUT2D eigenvalue weighted by Crippen LogP contribution is -2.40. The van der Waals surface area contributed by atoms with Gasteiger partial charge in [0.25, 0.3) is 0 Å². The number of hydrogen-bond donors (Lipinski definition) is 0. The normalized spacial score (nSPS) is 22.2. The summed E-state index contributed by atoms with van der Waals surface area (Å²) in [5.74, 6) is 0.636. The van der Waals surface area contributed by atoms with Gasteiger partial charge in [-0.05, 0) is 24.3 Å². The van der Waals surface area contributed by atoms with Crippen molar-refractivity contribution in [2.75, 3.05) is 13.1 Å². The third kappa shape index (κ3) is 3.01. The van der Waals surface area contributed by atoms with Crippen LogP contribution < -0.4 is 0 Å². The number of nitrogens with zero attached hydrogens (tertiary/aromatic N) is 1. The monoisotopic (exact) mass is 251 g/mol. The van der Waals surface area contributed by atoms with Gasteiger partial charge < -0.3 is 4.90 Å². The number of likely N-dealkylation sites (tertiary alicyclic amines) is 1. The van der Waals surface area contributed by atoms with Crippen LogP contribution in [0.25, 0.3) is 0 Å². The van der Waals surface area contributed by atoms with Crippen molar-refractivity contribution in [3.63, 3.8) is 0 Å². The molecule has 0 N–H and O–H groups in total. The van der Waals surface area contributed by atoms with Crippen LogP contribution >= 0.6 is 11.6 Å². The van der Waals surface area contributed by atoms with E-state index in [0.29, 0.717) is 5.92 Å². The number of hydrogen-bond acceptors (Lipinski definition) is 1. The predicted octanol–water partition coefficient (Wildman–Crippen LogP) is 3.23. The Bertz CT molecular complexity index is 379. The molecule has 0 bridgehead atoms. The molecule has 0 saturated carbocycles. The average molecular weight is 252 g/mol. The third-order valence-electron chi connectivity index (χ3n) is 3.28. The first kappa shape index (κ1) is 12.4. The first-order valence-corrected chi connectivity index (χ1v) is 6.60. The smallest absolute Gasteiger partial charge is 0.245 e. The largest absolute Gasteiger partial charge is 0.341 e. The maximum atomic E-state index is 12.2. The van der Waals surface area contributed by atoms with Crippen molar-refractivity contribution >= 4 is 17.5 Å². The van der Waals surface area contributed by atoms with Gasteiger partial charge in [-0.2, -0.15) is 0 Å². The van der Waals surface area contributed by atoms with Gasteiger partial charge in [0.05, 0.1) is 0 Å². The van der Waals surface area contributed by atoms with Crippen LogP contribution in [0.4, 0.5) is 0 Å². The minimum atomic E-state index is -0.540. The quantitative estimate of drug-likeness (QED) is 0.739. The van der Waals surface area contributed by atoms with E-state index in [1.807, 2.05) is 35.2 Å². The van der Waals surface area contributed by atoms with Crippen molar-refractivity contribution in [1.82, 2.24) is 4.90 Å². The summed E-state index contributed by atoms with van der Waals surface area (Å²) in [6.45, 7) is 3.87. The van der Waals surface area contributed by atoms with Crippen LogP contribution in [0, 0.1) is 5.92 Å². The van der Waals surface area contributed by atoms with Gasteiger partial charge in [0.1, 0.15) is 5.38 Å². The van der Waals surface area contributed by atoms with Gasteiger partial charge in [-0.25, -0.2) is 0 Å². The van der Waals surface area contributed by atoms with E-state index in [1.54, 1.807) is 0 Å². The molecule has 1 aliphatic rings. The molecule has 0 radical (unpaired) electrons. The van der Waals surface area contributed by atoms with E-state index in [1.165, 1.54) is 6.42 Å². The summed E-state index contributed by atoms with van der Waals surface area (Å²) in [6.07, 6.45) is 2.30. The van der Waals surface area contributed by atoms with Crippen molar-refractivity contribution < 1.29 is 4.79 Å². The number of halogens is 1. The second kappa shape index (κ2) is 5.54. The maximum Gasteiger partial charge on any atom is 0.245 e. The lowest BCUT2D eigenvalue weighted by atomic mass is 9.99. The van der Waals surface area contributed by atoms with E-state index in [9.17, 15) is 4.79 Å². The summed E-state index contributed by atoms with van der Waals surface area (Å²) in [5, 5.41) is -0.540. The Balaban J connectivity index is 2.04. The lowest BCUT2D eigenvalue weighted by molar-refractivity contribution is -0.132. The summed E-state index contributed by atoms with van der Waals surface area (Å²) in [7, 11) is 0. The molecule has 0 aliphatic carbocycles. The fourth-order valence-corrected chi connectivity index (χ4v) is 2.60. The molecule has 1 aliphatic heterocycles. The van der Waals surface area contributed by atoms with Gasteiger partial charge in [-0.3, -0.25) is 4.79 Å². The van der Waals surface area contributed by atoms with Crippen LogP contribution in [0.15, 0.2) is 30.3 Å². The van der Waals surface area contributed by atoms with E-state index >= 15 is 0 Å². The minimum Gasteiger partial charge on any atom is -0.341 e. The molecule has 2 atom stereocenters. The molecule has 1 aromatic carbocycles. The first-order valence-electron chi connectivity index (χ1n) is 6.16. The molecule has 1 heterocycles. The highest BCUT2D eigenvalue weighted by atomic mass is 35.5. The molecule has 92 valence electrons. The molecule has 0 aromatic heterocycles.